The van der Waals surface area contributed by atoms with Crippen LogP contribution in [0.2, 0.25) is 0 Å². The zero-order valence-corrected chi connectivity index (χ0v) is 15.0. The van der Waals surface area contributed by atoms with Gasteiger partial charge in [0, 0.05) is 17.3 Å². The molecule has 0 spiro atoms. The minimum Gasteiger partial charge on any atom is -0.504 e. The molecule has 28 heavy (non-hydrogen) atoms. The van der Waals surface area contributed by atoms with Crippen LogP contribution in [0.1, 0.15) is 27.0 Å². The van der Waals surface area contributed by atoms with E-state index in [9.17, 15) is 25.2 Å². The lowest BCUT2D eigenvalue weighted by molar-refractivity contribution is 0.102. The quantitative estimate of drug-likeness (QED) is 0.265. The number of hydrogen-bond donors (Lipinski definition) is 5. The largest absolute Gasteiger partial charge is 0.504 e. The van der Waals surface area contributed by atoms with Gasteiger partial charge in [-0.25, -0.2) is 0 Å². The normalized spacial score (nSPS) is 10.9. The third-order valence-electron chi connectivity index (χ3n) is 4.14. The summed E-state index contributed by atoms with van der Waals surface area (Å²) in [6.45, 7) is 1.94. The number of aromatic hydroxyl groups is 4. The number of anilines is 1. The first-order valence-corrected chi connectivity index (χ1v) is 8.48. The molecule has 0 atom stereocenters. The first kappa shape index (κ1) is 18.8. The summed E-state index contributed by atoms with van der Waals surface area (Å²) in [7, 11) is 0. The molecule has 3 aromatic rings. The van der Waals surface area contributed by atoms with Crippen LogP contribution in [-0.4, -0.2) is 26.3 Å². The Morgan fingerprint density at radius 2 is 1.54 bits per heavy atom. The number of phenolic OH excluding ortho intramolecular Hbond substituents is 4. The summed E-state index contributed by atoms with van der Waals surface area (Å²) < 4.78 is 0. The van der Waals surface area contributed by atoms with Crippen LogP contribution in [0.25, 0.3) is 12.2 Å². The monoisotopic (exact) mass is 377 g/mol. The lowest BCUT2D eigenvalue weighted by Gasteiger charge is -2.08. The minimum absolute atomic E-state index is 0.132. The number of benzene rings is 3. The predicted molar refractivity (Wildman–Crippen MR) is 108 cm³/mol. The van der Waals surface area contributed by atoms with Gasteiger partial charge in [0.2, 0.25) is 0 Å². The highest BCUT2D eigenvalue weighted by Gasteiger charge is 2.14. The Bertz CT molecular complexity index is 1050. The molecule has 0 saturated heterocycles. The smallest absolute Gasteiger partial charge is 0.255 e. The van der Waals surface area contributed by atoms with Crippen LogP contribution >= 0.6 is 0 Å². The lowest BCUT2D eigenvalue weighted by Crippen LogP contribution is -2.11. The van der Waals surface area contributed by atoms with E-state index in [1.807, 2.05) is 25.1 Å². The van der Waals surface area contributed by atoms with Crippen LogP contribution in [0.4, 0.5) is 5.69 Å². The molecule has 6 heteroatoms. The van der Waals surface area contributed by atoms with Crippen molar-refractivity contribution in [1.29, 1.82) is 0 Å². The summed E-state index contributed by atoms with van der Waals surface area (Å²) in [5.74, 6) is -2.50. The Labute approximate surface area is 161 Å². The highest BCUT2D eigenvalue weighted by molar-refractivity contribution is 6.04. The first-order chi connectivity index (χ1) is 13.3. The summed E-state index contributed by atoms with van der Waals surface area (Å²) >= 11 is 0. The number of hydrogen-bond acceptors (Lipinski definition) is 5. The Balaban J connectivity index is 1.84. The third kappa shape index (κ3) is 4.07. The number of carbonyl (C=O) groups excluding carboxylic acids is 1. The van der Waals surface area contributed by atoms with Gasteiger partial charge in [0.05, 0.1) is 5.56 Å². The molecule has 0 fully saturated rings. The molecule has 0 radical (unpaired) electrons. The topological polar surface area (TPSA) is 110 Å². The molecule has 0 aromatic heterocycles. The molecule has 0 aliphatic carbocycles. The van der Waals surface area contributed by atoms with Crippen LogP contribution in [0, 0.1) is 6.92 Å². The summed E-state index contributed by atoms with van der Waals surface area (Å²) in [6.07, 6.45) is 2.87. The van der Waals surface area contributed by atoms with Crippen LogP contribution < -0.4 is 5.32 Å². The van der Waals surface area contributed by atoms with Gasteiger partial charge in [0.25, 0.3) is 5.91 Å². The number of carbonyl (C=O) groups is 1. The number of amides is 1. The Kier molecular flexibility index (Phi) is 5.22. The second-order valence-electron chi connectivity index (χ2n) is 6.31. The van der Waals surface area contributed by atoms with Crippen molar-refractivity contribution in [3.05, 3.63) is 76.9 Å². The van der Waals surface area contributed by atoms with Gasteiger partial charge in [-0.3, -0.25) is 4.79 Å². The van der Waals surface area contributed by atoms with Crippen molar-refractivity contribution in [3.63, 3.8) is 0 Å². The van der Waals surface area contributed by atoms with E-state index in [1.165, 1.54) is 12.2 Å². The van der Waals surface area contributed by atoms with Crippen molar-refractivity contribution >= 4 is 23.7 Å². The van der Waals surface area contributed by atoms with Gasteiger partial charge < -0.3 is 25.7 Å². The van der Waals surface area contributed by atoms with E-state index >= 15 is 0 Å². The number of rotatable bonds is 4. The third-order valence-corrected chi connectivity index (χ3v) is 4.14. The maximum atomic E-state index is 12.5. The van der Waals surface area contributed by atoms with Crippen LogP contribution in [0.5, 0.6) is 23.0 Å². The highest BCUT2D eigenvalue weighted by atomic mass is 16.3. The molecule has 3 aromatic carbocycles. The van der Waals surface area contributed by atoms with Gasteiger partial charge in [0.15, 0.2) is 23.0 Å². The van der Waals surface area contributed by atoms with Crippen molar-refractivity contribution in [3.8, 4) is 23.0 Å². The van der Waals surface area contributed by atoms with Gasteiger partial charge in [0.1, 0.15) is 0 Å². The first-order valence-electron chi connectivity index (χ1n) is 8.48. The van der Waals surface area contributed by atoms with E-state index in [1.54, 1.807) is 30.3 Å². The van der Waals surface area contributed by atoms with Gasteiger partial charge in [-0.2, -0.15) is 0 Å². The molecule has 0 aliphatic rings. The zero-order chi connectivity index (χ0) is 20.3. The van der Waals surface area contributed by atoms with Crippen molar-refractivity contribution in [2.45, 2.75) is 6.92 Å². The fourth-order valence-corrected chi connectivity index (χ4v) is 2.70. The lowest BCUT2D eigenvalue weighted by atomic mass is 10.1. The van der Waals surface area contributed by atoms with E-state index in [0.717, 1.165) is 11.6 Å². The average Bonchev–Trinajstić information content (AvgIpc) is 2.67. The maximum Gasteiger partial charge on any atom is 0.255 e. The molecular weight excluding hydrogens is 358 g/mol. The SMILES string of the molecule is Cc1cccc(NC(=O)c2cccc(C=Cc3c(O)c(O)cc(O)c3O)c2)c1. The highest BCUT2D eigenvalue weighted by Crippen LogP contribution is 2.42. The van der Waals surface area contributed by atoms with E-state index < -0.39 is 23.0 Å². The summed E-state index contributed by atoms with van der Waals surface area (Å²) in [6, 6.07) is 15.0. The summed E-state index contributed by atoms with van der Waals surface area (Å²) in [5, 5.41) is 41.7. The summed E-state index contributed by atoms with van der Waals surface area (Å²) in [5.41, 5.74) is 2.64. The zero-order valence-electron chi connectivity index (χ0n) is 15.0. The second kappa shape index (κ2) is 7.75. The molecule has 1 amide bonds. The van der Waals surface area contributed by atoms with Crippen LogP contribution in [-0.2, 0) is 0 Å². The molecule has 5 N–H and O–H groups in total. The number of nitrogens with one attached hydrogen (secondary N) is 1. The Morgan fingerprint density at radius 3 is 2.21 bits per heavy atom. The number of phenols is 4. The van der Waals surface area contributed by atoms with E-state index in [2.05, 4.69) is 5.32 Å². The molecule has 3 rings (SSSR count). The molecule has 0 saturated carbocycles. The Hall–Kier alpha value is -3.93. The van der Waals surface area contributed by atoms with Gasteiger partial charge in [-0.15, -0.1) is 0 Å². The van der Waals surface area contributed by atoms with Crippen molar-refractivity contribution in [1.82, 2.24) is 0 Å². The van der Waals surface area contributed by atoms with E-state index in [4.69, 9.17) is 0 Å². The summed E-state index contributed by atoms with van der Waals surface area (Å²) in [4.78, 5) is 12.5. The van der Waals surface area contributed by atoms with Crippen molar-refractivity contribution < 1.29 is 25.2 Å². The molecule has 142 valence electrons. The molecule has 0 aliphatic heterocycles. The van der Waals surface area contributed by atoms with Crippen LogP contribution in [0.15, 0.2) is 54.6 Å². The standard InChI is InChI=1S/C22H19NO5/c1-13-4-2-7-16(10-13)23-22(28)15-6-3-5-14(11-15)8-9-17-20(26)18(24)12-19(25)21(17)27/h2-12,24-27H,1H3,(H,23,28). The maximum absolute atomic E-state index is 12.5. The molecule has 0 unspecified atom stereocenters. The fourth-order valence-electron chi connectivity index (χ4n) is 2.70. The predicted octanol–water partition coefficient (Wildman–Crippen LogP) is 4.24. The second-order valence-corrected chi connectivity index (χ2v) is 6.31. The van der Waals surface area contributed by atoms with Crippen LogP contribution in [0.3, 0.4) is 0 Å². The minimum atomic E-state index is -0.556. The van der Waals surface area contributed by atoms with Crippen molar-refractivity contribution in [2.24, 2.45) is 0 Å². The van der Waals surface area contributed by atoms with Gasteiger partial charge in [-0.1, -0.05) is 30.3 Å². The molecule has 0 heterocycles. The fraction of sp³-hybridized carbons (Fsp3) is 0.0455. The molecule has 0 bridgehead atoms. The van der Waals surface area contributed by atoms with Crippen molar-refractivity contribution in [2.75, 3.05) is 5.32 Å². The van der Waals surface area contributed by atoms with Gasteiger partial charge in [-0.05, 0) is 48.4 Å². The van der Waals surface area contributed by atoms with E-state index in [0.29, 0.717) is 16.8 Å². The molecular formula is C22H19NO5. The average molecular weight is 377 g/mol. The van der Waals surface area contributed by atoms with E-state index in [-0.39, 0.29) is 11.5 Å². The molecule has 6 nitrogen and oxygen atoms in total. The Morgan fingerprint density at radius 1 is 0.857 bits per heavy atom. The number of aryl methyl sites for hydroxylation is 1. The van der Waals surface area contributed by atoms with Gasteiger partial charge >= 0.3 is 0 Å².